The molecule has 0 heterocycles. The number of amides is 2. The smallest absolute Gasteiger partial charge is 0.412 e. The summed E-state index contributed by atoms with van der Waals surface area (Å²) >= 11 is 0. The third kappa shape index (κ3) is 11.0. The molecular formula is C29H39N5O4. The molecule has 0 fully saturated rings. The topological polar surface area (TPSA) is 149 Å². The van der Waals surface area contributed by atoms with Crippen LogP contribution in [0.2, 0.25) is 0 Å². The number of benzene rings is 3. The molecule has 2 amide bonds. The quantitative estimate of drug-likeness (QED) is 0.199. The van der Waals surface area contributed by atoms with E-state index >= 15 is 0 Å². The Hall–Kier alpha value is -4.53. The lowest BCUT2D eigenvalue weighted by atomic mass is 10.1. The Labute approximate surface area is 224 Å². The van der Waals surface area contributed by atoms with Crippen molar-refractivity contribution in [3.05, 3.63) is 77.9 Å². The minimum atomic E-state index is -0.613. The van der Waals surface area contributed by atoms with Crippen molar-refractivity contribution in [2.45, 2.75) is 46.6 Å². The Balaban J connectivity index is 0.000000463. The third-order valence-electron chi connectivity index (χ3n) is 4.70. The highest BCUT2D eigenvalue weighted by molar-refractivity contribution is 6.07. The third-order valence-corrected chi connectivity index (χ3v) is 4.70. The van der Waals surface area contributed by atoms with Gasteiger partial charge in [0.15, 0.2) is 0 Å². The number of hydrogen-bond donors (Lipinski definition) is 5. The highest BCUT2D eigenvalue weighted by Gasteiger charge is 2.18. The molecule has 3 rings (SSSR count). The summed E-state index contributed by atoms with van der Waals surface area (Å²) in [5.41, 5.74) is 14.7. The van der Waals surface area contributed by atoms with Crippen LogP contribution in [0.4, 0.5) is 33.2 Å². The molecule has 0 aliphatic carbocycles. The maximum Gasteiger partial charge on any atom is 0.412 e. The molecule has 9 heteroatoms. The normalized spacial score (nSPS) is 9.95. The lowest BCUT2D eigenvalue weighted by molar-refractivity contribution is -0.107. The van der Waals surface area contributed by atoms with Crippen LogP contribution in [0.25, 0.3) is 0 Å². The summed E-state index contributed by atoms with van der Waals surface area (Å²) in [6.07, 6.45) is 0.588. The van der Waals surface area contributed by atoms with Crippen LogP contribution in [-0.4, -0.2) is 30.9 Å². The largest absolute Gasteiger partial charge is 0.444 e. The Morgan fingerprint density at radius 2 is 1.55 bits per heavy atom. The average molecular weight is 522 g/mol. The number of aldehydes is 1. The first-order chi connectivity index (χ1) is 18.0. The molecule has 0 saturated carbocycles. The fourth-order valence-electron chi connectivity index (χ4n) is 3.00. The van der Waals surface area contributed by atoms with Gasteiger partial charge in [-0.25, -0.2) is 4.79 Å². The van der Waals surface area contributed by atoms with Crippen molar-refractivity contribution in [2.24, 2.45) is 0 Å². The van der Waals surface area contributed by atoms with E-state index in [2.05, 4.69) is 16.0 Å². The van der Waals surface area contributed by atoms with Gasteiger partial charge < -0.3 is 31.6 Å². The summed E-state index contributed by atoms with van der Waals surface area (Å²) in [4.78, 5) is 34.6. The van der Waals surface area contributed by atoms with E-state index in [9.17, 15) is 14.4 Å². The first-order valence-corrected chi connectivity index (χ1v) is 12.3. The molecule has 3 aromatic carbocycles. The Morgan fingerprint density at radius 1 is 0.895 bits per heavy atom. The van der Waals surface area contributed by atoms with E-state index in [-0.39, 0.29) is 5.91 Å². The van der Waals surface area contributed by atoms with Crippen molar-refractivity contribution in [1.29, 1.82) is 0 Å². The molecule has 38 heavy (non-hydrogen) atoms. The lowest BCUT2D eigenvalue weighted by Gasteiger charge is -2.21. The predicted octanol–water partition coefficient (Wildman–Crippen LogP) is 5.95. The Bertz CT molecular complexity index is 1190. The van der Waals surface area contributed by atoms with Gasteiger partial charge in [-0.15, -0.1) is 0 Å². The molecule has 0 aromatic heterocycles. The number of anilines is 5. The van der Waals surface area contributed by atoms with Gasteiger partial charge in [0.25, 0.3) is 5.91 Å². The van der Waals surface area contributed by atoms with E-state index in [1.165, 1.54) is 0 Å². The Kier molecular flexibility index (Phi) is 12.9. The second kappa shape index (κ2) is 15.6. The van der Waals surface area contributed by atoms with Gasteiger partial charge in [0.2, 0.25) is 0 Å². The number of carbonyl (C=O) groups excluding carboxylic acids is 3. The molecule has 0 spiro atoms. The van der Waals surface area contributed by atoms with Crippen LogP contribution in [-0.2, 0) is 16.0 Å². The minimum Gasteiger partial charge on any atom is -0.444 e. The summed E-state index contributed by atoms with van der Waals surface area (Å²) in [6.45, 7) is 9.36. The SMILES string of the molecule is CC.CNc1ccc(NC(=O)c2ccccc2)c(NC(=O)OC(C)(C)C)c1.Nc1ccc(CC=O)c(N)c1. The van der Waals surface area contributed by atoms with Crippen LogP contribution >= 0.6 is 0 Å². The number of carbonyl (C=O) groups is 3. The maximum absolute atomic E-state index is 12.4. The van der Waals surface area contributed by atoms with Crippen molar-refractivity contribution in [3.8, 4) is 0 Å². The van der Waals surface area contributed by atoms with E-state index < -0.39 is 11.7 Å². The zero-order valence-corrected chi connectivity index (χ0v) is 22.9. The second-order valence-electron chi connectivity index (χ2n) is 8.79. The van der Waals surface area contributed by atoms with Gasteiger partial charge in [0.1, 0.15) is 11.9 Å². The van der Waals surface area contributed by atoms with E-state index in [4.69, 9.17) is 16.2 Å². The molecule has 0 aliphatic rings. The van der Waals surface area contributed by atoms with E-state index in [1.54, 1.807) is 88.5 Å². The van der Waals surface area contributed by atoms with Gasteiger partial charge >= 0.3 is 6.09 Å². The van der Waals surface area contributed by atoms with Crippen LogP contribution < -0.4 is 27.4 Å². The van der Waals surface area contributed by atoms with Crippen molar-refractivity contribution < 1.29 is 19.1 Å². The van der Waals surface area contributed by atoms with Gasteiger partial charge in [0, 0.05) is 36.1 Å². The van der Waals surface area contributed by atoms with E-state index in [0.29, 0.717) is 34.7 Å². The molecule has 9 nitrogen and oxygen atoms in total. The van der Waals surface area contributed by atoms with Crippen LogP contribution in [0.5, 0.6) is 0 Å². The van der Waals surface area contributed by atoms with E-state index in [0.717, 1.165) is 17.5 Å². The molecule has 204 valence electrons. The standard InChI is InChI=1S/C19H23N3O3.C8H10N2O.C2H6/c1-19(2,3)25-18(24)22-16-12-14(20-4)10-11-15(16)21-17(23)13-8-6-5-7-9-13;9-7-2-1-6(3-4-11)8(10)5-7;1-2/h5-12,20H,1-4H3,(H,21,23)(H,22,24);1-2,4-5H,3,9-10H2;1-2H3. The molecule has 3 aromatic rings. The maximum atomic E-state index is 12.4. The minimum absolute atomic E-state index is 0.259. The summed E-state index contributed by atoms with van der Waals surface area (Å²) in [7, 11) is 1.77. The highest BCUT2D eigenvalue weighted by Crippen LogP contribution is 2.27. The number of rotatable bonds is 6. The zero-order chi connectivity index (χ0) is 28.7. The predicted molar refractivity (Wildman–Crippen MR) is 157 cm³/mol. The van der Waals surface area contributed by atoms with Crippen molar-refractivity contribution in [2.75, 3.05) is 34.5 Å². The molecule has 0 radical (unpaired) electrons. The molecule has 0 saturated heterocycles. The van der Waals surface area contributed by atoms with Crippen LogP contribution in [0.1, 0.15) is 50.5 Å². The zero-order valence-electron chi connectivity index (χ0n) is 22.9. The van der Waals surface area contributed by atoms with Crippen LogP contribution in [0.3, 0.4) is 0 Å². The van der Waals surface area contributed by atoms with Gasteiger partial charge in [-0.3, -0.25) is 10.1 Å². The van der Waals surface area contributed by atoms with Gasteiger partial charge in [-0.1, -0.05) is 38.1 Å². The second-order valence-corrected chi connectivity index (χ2v) is 8.79. The number of nitrogen functional groups attached to an aromatic ring is 2. The molecule has 0 unspecified atom stereocenters. The van der Waals surface area contributed by atoms with Crippen LogP contribution in [0, 0.1) is 0 Å². The van der Waals surface area contributed by atoms with Crippen molar-refractivity contribution in [1.82, 2.24) is 0 Å². The van der Waals surface area contributed by atoms with Gasteiger partial charge in [0.05, 0.1) is 11.4 Å². The molecule has 0 aliphatic heterocycles. The van der Waals surface area contributed by atoms with Crippen LogP contribution in [0.15, 0.2) is 66.7 Å². The average Bonchev–Trinajstić information content (AvgIpc) is 2.88. The summed E-state index contributed by atoms with van der Waals surface area (Å²) in [6, 6.07) is 19.3. The van der Waals surface area contributed by atoms with Gasteiger partial charge in [-0.05, 0) is 68.8 Å². The monoisotopic (exact) mass is 521 g/mol. The van der Waals surface area contributed by atoms with E-state index in [1.807, 2.05) is 19.9 Å². The number of nitrogens with one attached hydrogen (secondary N) is 3. The lowest BCUT2D eigenvalue weighted by Crippen LogP contribution is -2.27. The van der Waals surface area contributed by atoms with Gasteiger partial charge in [-0.2, -0.15) is 0 Å². The first-order valence-electron chi connectivity index (χ1n) is 12.3. The number of nitrogens with two attached hydrogens (primary N) is 2. The fraction of sp³-hybridized carbons (Fsp3) is 0.276. The number of hydrogen-bond acceptors (Lipinski definition) is 7. The number of ether oxygens (including phenoxy) is 1. The summed E-state index contributed by atoms with van der Waals surface area (Å²) in [5.74, 6) is -0.259. The first kappa shape index (κ1) is 31.5. The summed E-state index contributed by atoms with van der Waals surface area (Å²) in [5, 5.41) is 8.49. The Morgan fingerprint density at radius 3 is 2.11 bits per heavy atom. The molecule has 0 bridgehead atoms. The van der Waals surface area contributed by atoms with Crippen molar-refractivity contribution in [3.63, 3.8) is 0 Å². The summed E-state index contributed by atoms with van der Waals surface area (Å²) < 4.78 is 5.28. The highest BCUT2D eigenvalue weighted by atomic mass is 16.6. The fourth-order valence-corrected chi connectivity index (χ4v) is 3.00. The molecule has 0 atom stereocenters. The molecular weight excluding hydrogens is 482 g/mol. The van der Waals surface area contributed by atoms with Crippen molar-refractivity contribution >= 4 is 46.7 Å². The molecule has 7 N–H and O–H groups in total.